The molecule has 5 heteroatoms. The Morgan fingerprint density at radius 1 is 0.379 bits per heavy atom. The molecule has 0 saturated heterocycles. The van der Waals surface area contributed by atoms with Gasteiger partial charge in [0.1, 0.15) is 0 Å². The van der Waals surface area contributed by atoms with Crippen molar-refractivity contribution in [3.63, 3.8) is 0 Å². The van der Waals surface area contributed by atoms with E-state index in [9.17, 15) is 0 Å². The van der Waals surface area contributed by atoms with Crippen molar-refractivity contribution in [2.75, 3.05) is 0 Å². The lowest BCUT2D eigenvalue weighted by molar-refractivity contribution is 0.935. The number of hydrogen-bond acceptors (Lipinski definition) is 3. The van der Waals surface area contributed by atoms with Crippen LogP contribution in [0.3, 0.4) is 0 Å². The maximum atomic E-state index is 5.32. The van der Waals surface area contributed by atoms with E-state index in [-0.39, 0.29) is 5.92 Å². The lowest BCUT2D eigenvalue weighted by Crippen LogP contribution is -2.05. The fourth-order valence-electron chi connectivity index (χ4n) is 11.1. The van der Waals surface area contributed by atoms with E-state index in [1.54, 1.807) is 0 Å². The summed E-state index contributed by atoms with van der Waals surface area (Å²) < 4.78 is 5.07. The summed E-state index contributed by atoms with van der Waals surface area (Å²) in [6.45, 7) is 2.37. The van der Waals surface area contributed by atoms with Gasteiger partial charge in [0.2, 0.25) is 0 Å². The summed E-state index contributed by atoms with van der Waals surface area (Å²) in [5.41, 5.74) is 14.8. The van der Waals surface area contributed by atoms with Crippen LogP contribution in [0.5, 0.6) is 0 Å². The van der Waals surface area contributed by atoms with Crippen LogP contribution in [0.2, 0.25) is 0 Å². The topological polar surface area (TPSA) is 48.5 Å². The van der Waals surface area contributed by atoms with Gasteiger partial charge < -0.3 is 9.13 Å². The standard InChI is InChI=1S/C61H39N5/c1-37-43-27-16-28-50(61-63-59(40-19-4-2-5-20-40)62-60(64-61)41-21-6-3-7-22-41)56(43)51-35-42(65-52-29-14-12-25-46(52)48-33-31-38-17-8-10-23-44(38)57(48)65)36-54(55(37)51)66-53-30-15-13-26-47(53)49-34-32-39-18-9-11-24-45(39)58(49)66/h2-37H,1H3. The summed E-state index contributed by atoms with van der Waals surface area (Å²) in [6.07, 6.45) is 0. The Morgan fingerprint density at radius 3 is 1.48 bits per heavy atom. The molecular weight excluding hydrogens is 803 g/mol. The van der Waals surface area contributed by atoms with Crippen LogP contribution in [0.15, 0.2) is 212 Å². The summed E-state index contributed by atoms with van der Waals surface area (Å²) in [7, 11) is 0. The van der Waals surface area contributed by atoms with Gasteiger partial charge in [-0.05, 0) is 57.3 Å². The zero-order valence-electron chi connectivity index (χ0n) is 36.0. The number of fused-ring (bicyclic) bond motifs is 13. The molecule has 1 aliphatic rings. The number of para-hydroxylation sites is 2. The molecule has 0 aliphatic heterocycles. The van der Waals surface area contributed by atoms with E-state index in [1.165, 1.54) is 81.8 Å². The fourth-order valence-corrected chi connectivity index (χ4v) is 11.1. The summed E-state index contributed by atoms with van der Waals surface area (Å²) in [5, 5.41) is 9.80. The van der Waals surface area contributed by atoms with Crippen molar-refractivity contribution in [1.29, 1.82) is 0 Å². The Kier molecular flexibility index (Phi) is 7.89. The average Bonchev–Trinajstić information content (AvgIpc) is 4.02. The van der Waals surface area contributed by atoms with Gasteiger partial charge in [-0.3, -0.25) is 0 Å². The van der Waals surface area contributed by atoms with Crippen LogP contribution in [0, 0.1) is 0 Å². The Bertz CT molecular complexity index is 4070. The van der Waals surface area contributed by atoms with Crippen LogP contribution in [0.1, 0.15) is 24.0 Å². The predicted molar refractivity (Wildman–Crippen MR) is 273 cm³/mol. The molecule has 1 unspecified atom stereocenters. The molecule has 3 heterocycles. The molecule has 0 radical (unpaired) electrons. The second kappa shape index (κ2) is 14.2. The highest BCUT2D eigenvalue weighted by molar-refractivity contribution is 6.20. The van der Waals surface area contributed by atoms with E-state index in [4.69, 9.17) is 15.0 Å². The molecular formula is C61H39N5. The van der Waals surface area contributed by atoms with E-state index in [0.717, 1.165) is 33.6 Å². The third-order valence-electron chi connectivity index (χ3n) is 14.0. The first-order valence-corrected chi connectivity index (χ1v) is 22.7. The van der Waals surface area contributed by atoms with Gasteiger partial charge in [0.25, 0.3) is 0 Å². The van der Waals surface area contributed by atoms with Gasteiger partial charge >= 0.3 is 0 Å². The van der Waals surface area contributed by atoms with Gasteiger partial charge in [-0.25, -0.2) is 15.0 Å². The zero-order valence-corrected chi connectivity index (χ0v) is 36.0. The molecule has 5 nitrogen and oxygen atoms in total. The lowest BCUT2D eigenvalue weighted by atomic mass is 9.96. The van der Waals surface area contributed by atoms with Crippen LogP contribution in [-0.4, -0.2) is 24.1 Å². The molecule has 13 aromatic rings. The summed E-state index contributed by atoms with van der Waals surface area (Å²) >= 11 is 0. The van der Waals surface area contributed by atoms with Crippen LogP contribution in [0.25, 0.3) is 122 Å². The molecule has 0 fully saturated rings. The highest BCUT2D eigenvalue weighted by Crippen LogP contribution is 2.53. The highest BCUT2D eigenvalue weighted by atomic mass is 15.0. The van der Waals surface area contributed by atoms with Gasteiger partial charge in [0, 0.05) is 60.6 Å². The Morgan fingerprint density at radius 2 is 0.879 bits per heavy atom. The Hall–Kier alpha value is -8.67. The lowest BCUT2D eigenvalue weighted by Gasteiger charge is -2.20. The van der Waals surface area contributed by atoms with Gasteiger partial charge in [-0.15, -0.1) is 0 Å². The number of aromatic nitrogens is 5. The van der Waals surface area contributed by atoms with Crippen molar-refractivity contribution in [1.82, 2.24) is 24.1 Å². The minimum Gasteiger partial charge on any atom is -0.309 e. The van der Waals surface area contributed by atoms with Crippen molar-refractivity contribution in [3.05, 3.63) is 223 Å². The third-order valence-corrected chi connectivity index (χ3v) is 14.0. The second-order valence-corrected chi connectivity index (χ2v) is 17.5. The van der Waals surface area contributed by atoms with Gasteiger partial charge in [0.15, 0.2) is 17.5 Å². The van der Waals surface area contributed by atoms with Gasteiger partial charge in [-0.2, -0.15) is 0 Å². The Balaban J connectivity index is 1.14. The minimum atomic E-state index is 0.0493. The highest BCUT2D eigenvalue weighted by Gasteiger charge is 2.34. The largest absolute Gasteiger partial charge is 0.309 e. The average molecular weight is 842 g/mol. The normalized spacial score (nSPS) is 13.4. The fraction of sp³-hybridized carbons (Fsp3) is 0.0328. The summed E-state index contributed by atoms with van der Waals surface area (Å²) in [5.74, 6) is 1.99. The quantitative estimate of drug-likeness (QED) is 0.173. The van der Waals surface area contributed by atoms with Crippen LogP contribution in [-0.2, 0) is 0 Å². The molecule has 0 spiro atoms. The minimum absolute atomic E-state index is 0.0493. The molecule has 1 atom stereocenters. The molecule has 3 aromatic heterocycles. The van der Waals surface area contributed by atoms with E-state index < -0.39 is 0 Å². The van der Waals surface area contributed by atoms with Crippen molar-refractivity contribution in [2.24, 2.45) is 0 Å². The van der Waals surface area contributed by atoms with Gasteiger partial charge in [0.05, 0.1) is 27.8 Å². The van der Waals surface area contributed by atoms with E-state index in [2.05, 4.69) is 192 Å². The molecule has 66 heavy (non-hydrogen) atoms. The van der Waals surface area contributed by atoms with Crippen LogP contribution < -0.4 is 0 Å². The van der Waals surface area contributed by atoms with Crippen molar-refractivity contribution >= 4 is 65.2 Å². The molecule has 14 rings (SSSR count). The van der Waals surface area contributed by atoms with Crippen LogP contribution >= 0.6 is 0 Å². The Labute approximate surface area is 380 Å². The molecule has 308 valence electrons. The second-order valence-electron chi connectivity index (χ2n) is 17.5. The first-order valence-electron chi connectivity index (χ1n) is 22.7. The van der Waals surface area contributed by atoms with E-state index in [0.29, 0.717) is 17.5 Å². The molecule has 0 bridgehead atoms. The maximum Gasteiger partial charge on any atom is 0.164 e. The van der Waals surface area contributed by atoms with Crippen LogP contribution in [0.4, 0.5) is 0 Å². The van der Waals surface area contributed by atoms with Gasteiger partial charge in [-0.1, -0.05) is 195 Å². The van der Waals surface area contributed by atoms with Crippen molar-refractivity contribution in [3.8, 4) is 56.7 Å². The van der Waals surface area contributed by atoms with E-state index in [1.807, 2.05) is 36.4 Å². The zero-order chi connectivity index (χ0) is 43.5. The summed E-state index contributed by atoms with van der Waals surface area (Å²) in [6, 6.07) is 76.6. The third kappa shape index (κ3) is 5.31. The first kappa shape index (κ1) is 36.8. The number of hydrogen-bond donors (Lipinski definition) is 0. The number of rotatable bonds is 5. The SMILES string of the molecule is CC1c2cccc(-c3nc(-c4ccccc4)nc(-c4ccccc4)n3)c2-c2cc(-n3c4ccccc4c4ccc5ccccc5c43)cc(-n3c4ccccc4c4ccc5ccccc5c43)c21. The first-order chi connectivity index (χ1) is 32.7. The predicted octanol–water partition coefficient (Wildman–Crippen LogP) is 15.5. The molecule has 0 N–H and O–H groups in total. The smallest absolute Gasteiger partial charge is 0.164 e. The number of nitrogens with zero attached hydrogens (tertiary/aromatic N) is 5. The number of benzene rings is 10. The van der Waals surface area contributed by atoms with Crippen molar-refractivity contribution < 1.29 is 0 Å². The molecule has 1 aliphatic carbocycles. The van der Waals surface area contributed by atoms with E-state index >= 15 is 0 Å². The van der Waals surface area contributed by atoms with Crippen molar-refractivity contribution in [2.45, 2.75) is 12.8 Å². The monoisotopic (exact) mass is 841 g/mol. The molecule has 0 amide bonds. The molecule has 0 saturated carbocycles. The summed E-state index contributed by atoms with van der Waals surface area (Å²) in [4.78, 5) is 15.7. The molecule has 10 aromatic carbocycles. The maximum absolute atomic E-state index is 5.32.